The van der Waals surface area contributed by atoms with Gasteiger partial charge >= 0.3 is 47.8 Å². The highest BCUT2D eigenvalue weighted by atomic mass is 16.4. The van der Waals surface area contributed by atoms with Crippen molar-refractivity contribution in [1.82, 2.24) is 0 Å². The Labute approximate surface area is 316 Å². The van der Waals surface area contributed by atoms with E-state index >= 15 is 0 Å². The van der Waals surface area contributed by atoms with Crippen molar-refractivity contribution in [2.75, 3.05) is 0 Å². The van der Waals surface area contributed by atoms with Crippen LogP contribution in [0.25, 0.3) is 43.1 Å². The van der Waals surface area contributed by atoms with Crippen LogP contribution in [0.1, 0.15) is 94.0 Å². The van der Waals surface area contributed by atoms with Gasteiger partial charge in [0.1, 0.15) is 0 Å². The zero-order valence-electron chi connectivity index (χ0n) is 28.6. The van der Waals surface area contributed by atoms with Crippen molar-refractivity contribution < 1.29 is 79.2 Å². The molecule has 0 aliphatic rings. The summed E-state index contributed by atoms with van der Waals surface area (Å²) in [7, 11) is 0. The smallest absolute Gasteiger partial charge is 0.336 e. The predicted molar refractivity (Wildman–Crippen MR) is 199 cm³/mol. The Kier molecular flexibility index (Phi) is 9.71. The normalized spacial score (nSPS) is 10.9. The molecular formula is C41H24O16. The van der Waals surface area contributed by atoms with Crippen LogP contribution in [0.3, 0.4) is 0 Å². The van der Waals surface area contributed by atoms with E-state index in [1.807, 2.05) is 0 Å². The first kappa shape index (κ1) is 38.3. The van der Waals surface area contributed by atoms with Crippen LogP contribution >= 0.6 is 0 Å². The molecule has 7 rings (SSSR count). The molecule has 0 saturated heterocycles. The predicted octanol–water partition coefficient (Wildman–Crippen LogP) is 6.60. The molecular weight excluding hydrogens is 748 g/mol. The van der Waals surface area contributed by atoms with Crippen molar-refractivity contribution in [2.24, 2.45) is 0 Å². The average Bonchev–Trinajstić information content (AvgIpc) is 3.15. The Morgan fingerprint density at radius 2 is 0.561 bits per heavy atom. The fourth-order valence-electron chi connectivity index (χ4n) is 7.16. The SMILES string of the molecule is O=C(O)c1ccc2c3ccc(C(=O)O)c4c(C(=O)O)ccc(c5ccc(C(=O)O)c1c25)c43.O=C(O)c1cccc(Cc2cccc(C(=O)O)c2C(=O)O)c1C(=O)O. The monoisotopic (exact) mass is 772 g/mol. The van der Waals surface area contributed by atoms with E-state index in [1.165, 1.54) is 72.8 Å². The van der Waals surface area contributed by atoms with Gasteiger partial charge < -0.3 is 40.9 Å². The van der Waals surface area contributed by atoms with E-state index < -0.39 is 70.0 Å². The minimum atomic E-state index is -1.47. The molecule has 0 heterocycles. The first-order valence-electron chi connectivity index (χ1n) is 16.3. The minimum Gasteiger partial charge on any atom is -0.478 e. The summed E-state index contributed by atoms with van der Waals surface area (Å²) in [6, 6.07) is 19.0. The zero-order chi connectivity index (χ0) is 41.6. The molecule has 57 heavy (non-hydrogen) atoms. The molecule has 0 spiro atoms. The van der Waals surface area contributed by atoms with Crippen molar-refractivity contribution >= 4 is 90.8 Å². The highest BCUT2D eigenvalue weighted by Crippen LogP contribution is 2.44. The van der Waals surface area contributed by atoms with Crippen molar-refractivity contribution in [3.8, 4) is 0 Å². The number of benzene rings is 7. The second-order valence-electron chi connectivity index (χ2n) is 12.4. The number of hydrogen-bond donors (Lipinski definition) is 8. The third-order valence-electron chi connectivity index (χ3n) is 9.39. The second kappa shape index (κ2) is 14.4. The van der Waals surface area contributed by atoms with Gasteiger partial charge in [-0.05, 0) is 86.3 Å². The highest BCUT2D eigenvalue weighted by Gasteiger charge is 2.27. The van der Waals surface area contributed by atoms with Crippen LogP contribution in [-0.4, -0.2) is 88.6 Å². The Hall–Kier alpha value is -8.40. The Bertz CT molecular complexity index is 2640. The largest absolute Gasteiger partial charge is 0.478 e. The molecule has 0 saturated carbocycles. The molecule has 284 valence electrons. The summed E-state index contributed by atoms with van der Waals surface area (Å²) in [6.45, 7) is 0. The molecule has 0 radical (unpaired) electrons. The van der Waals surface area contributed by atoms with Crippen LogP contribution < -0.4 is 0 Å². The van der Waals surface area contributed by atoms with E-state index in [4.69, 9.17) is 10.2 Å². The summed E-state index contributed by atoms with van der Waals surface area (Å²) in [4.78, 5) is 92.8. The molecule has 0 fully saturated rings. The Balaban J connectivity index is 0.000000200. The van der Waals surface area contributed by atoms with Gasteiger partial charge in [-0.15, -0.1) is 0 Å². The lowest BCUT2D eigenvalue weighted by atomic mass is 9.84. The first-order chi connectivity index (χ1) is 27.0. The molecule has 0 aliphatic heterocycles. The van der Waals surface area contributed by atoms with E-state index in [0.29, 0.717) is 32.3 Å². The molecule has 0 aromatic heterocycles. The van der Waals surface area contributed by atoms with E-state index in [0.717, 1.165) is 12.1 Å². The molecule has 0 bridgehead atoms. The first-order valence-corrected chi connectivity index (χ1v) is 16.3. The fraction of sp³-hybridized carbons (Fsp3) is 0.0244. The van der Waals surface area contributed by atoms with Gasteiger partial charge in [-0.25, -0.2) is 38.4 Å². The van der Waals surface area contributed by atoms with Gasteiger partial charge in [0.15, 0.2) is 0 Å². The lowest BCUT2D eigenvalue weighted by Crippen LogP contribution is -2.14. The number of hydrogen-bond acceptors (Lipinski definition) is 8. The second-order valence-corrected chi connectivity index (χ2v) is 12.4. The zero-order valence-corrected chi connectivity index (χ0v) is 28.6. The summed E-state index contributed by atoms with van der Waals surface area (Å²) in [6.07, 6.45) is -0.245. The van der Waals surface area contributed by atoms with Crippen LogP contribution in [0.15, 0.2) is 84.9 Å². The van der Waals surface area contributed by atoms with Crippen LogP contribution in [0.4, 0.5) is 0 Å². The molecule has 7 aromatic rings. The maximum absolute atomic E-state index is 11.9. The van der Waals surface area contributed by atoms with Gasteiger partial charge in [-0.1, -0.05) is 48.5 Å². The van der Waals surface area contributed by atoms with Crippen molar-refractivity contribution in [3.63, 3.8) is 0 Å². The lowest BCUT2D eigenvalue weighted by Gasteiger charge is -2.18. The molecule has 16 heteroatoms. The maximum Gasteiger partial charge on any atom is 0.336 e. The van der Waals surface area contributed by atoms with Crippen LogP contribution in [-0.2, 0) is 6.42 Å². The van der Waals surface area contributed by atoms with Crippen molar-refractivity contribution in [3.05, 3.63) is 141 Å². The fourth-order valence-corrected chi connectivity index (χ4v) is 7.16. The van der Waals surface area contributed by atoms with E-state index in [2.05, 4.69) is 0 Å². The molecule has 16 nitrogen and oxygen atoms in total. The standard InChI is InChI=1S/C24H12O8.C17H12O8/c25-21(26)13-5-1-9-10-2-6-15(23(29)30)20-16(24(31)32)8-4-12(18(10)20)11-3-7-14(22(27)28)19(13)17(9)11;18-14(19)10-5-1-3-8(12(10)16(22)23)7-9-4-2-6-11(15(20)21)13(9)17(24)25/h1-8H,(H,25,26)(H,27,28)(H,29,30)(H,31,32);1-6H,7H2,(H,18,19)(H,20,21)(H,22,23)(H,24,25). The van der Waals surface area contributed by atoms with Gasteiger partial charge in [0.25, 0.3) is 0 Å². The highest BCUT2D eigenvalue weighted by molar-refractivity contribution is 6.38. The van der Waals surface area contributed by atoms with E-state index in [9.17, 15) is 69.0 Å². The van der Waals surface area contributed by atoms with Gasteiger partial charge in [0.2, 0.25) is 0 Å². The number of aromatic carboxylic acids is 8. The molecule has 0 amide bonds. The third kappa shape index (κ3) is 6.48. The van der Waals surface area contributed by atoms with Crippen LogP contribution in [0.5, 0.6) is 0 Å². The molecule has 0 atom stereocenters. The molecule has 0 unspecified atom stereocenters. The number of carboxylic acids is 8. The summed E-state index contributed by atoms with van der Waals surface area (Å²) in [5.41, 5.74) is -2.36. The number of carbonyl (C=O) groups is 8. The van der Waals surface area contributed by atoms with Gasteiger partial charge in [-0.2, -0.15) is 0 Å². The van der Waals surface area contributed by atoms with Crippen molar-refractivity contribution in [2.45, 2.75) is 6.42 Å². The molecule has 8 N–H and O–H groups in total. The number of carboxylic acid groups (broad SMARTS) is 8. The van der Waals surface area contributed by atoms with Gasteiger partial charge in [-0.3, -0.25) is 0 Å². The van der Waals surface area contributed by atoms with E-state index in [-0.39, 0.29) is 50.6 Å². The quantitative estimate of drug-likeness (QED) is 0.0536. The van der Waals surface area contributed by atoms with Crippen LogP contribution in [0.2, 0.25) is 0 Å². The average molecular weight is 773 g/mol. The van der Waals surface area contributed by atoms with Gasteiger partial charge in [0, 0.05) is 10.8 Å². The summed E-state index contributed by atoms with van der Waals surface area (Å²) >= 11 is 0. The lowest BCUT2D eigenvalue weighted by molar-refractivity contribution is 0.0649. The van der Waals surface area contributed by atoms with Crippen molar-refractivity contribution in [1.29, 1.82) is 0 Å². The minimum absolute atomic E-state index is 0.0587. The summed E-state index contributed by atoms with van der Waals surface area (Å²) in [5.74, 6) is -10.9. The topological polar surface area (TPSA) is 298 Å². The summed E-state index contributed by atoms with van der Waals surface area (Å²) in [5, 5.41) is 78.6. The molecule has 0 aliphatic carbocycles. The van der Waals surface area contributed by atoms with Crippen LogP contribution in [0, 0.1) is 0 Å². The maximum atomic E-state index is 11.9. The van der Waals surface area contributed by atoms with E-state index in [1.54, 1.807) is 0 Å². The molecule has 7 aromatic carbocycles. The number of fused-ring (bicyclic) bond motifs is 2. The van der Waals surface area contributed by atoms with Gasteiger partial charge in [0.05, 0.1) is 44.5 Å². The number of rotatable bonds is 10. The summed E-state index contributed by atoms with van der Waals surface area (Å²) < 4.78 is 0. The Morgan fingerprint density at radius 1 is 0.298 bits per heavy atom. The third-order valence-corrected chi connectivity index (χ3v) is 9.39. The Morgan fingerprint density at radius 3 is 0.789 bits per heavy atom.